The summed E-state index contributed by atoms with van der Waals surface area (Å²) in [5.74, 6) is 6.51. The van der Waals surface area contributed by atoms with Crippen LogP contribution in [0.4, 0.5) is 11.8 Å². The predicted octanol–water partition coefficient (Wildman–Crippen LogP) is 0.483. The molecule has 16 heavy (non-hydrogen) atoms. The van der Waals surface area contributed by atoms with Crippen molar-refractivity contribution in [3.8, 4) is 0 Å². The smallest absolute Gasteiger partial charge is 0.241 e. The molecule has 0 spiro atoms. The zero-order valence-electron chi connectivity index (χ0n) is 9.52. The Hall–Kier alpha value is -1.89. The number of anilines is 2. The lowest BCUT2D eigenvalue weighted by Crippen LogP contribution is -2.27. The van der Waals surface area contributed by atoms with Gasteiger partial charge in [0.2, 0.25) is 5.95 Å². The van der Waals surface area contributed by atoms with Crippen LogP contribution in [0.5, 0.6) is 0 Å². The van der Waals surface area contributed by atoms with Gasteiger partial charge in [0.15, 0.2) is 5.65 Å². The average Bonchev–Trinajstić information content (AvgIpc) is 2.74. The van der Waals surface area contributed by atoms with Crippen molar-refractivity contribution in [2.75, 3.05) is 17.4 Å². The van der Waals surface area contributed by atoms with E-state index in [1.54, 1.807) is 6.20 Å². The number of hydrogen-bond acceptors (Lipinski definition) is 6. The third-order valence-corrected chi connectivity index (χ3v) is 2.53. The second-order valence-electron chi connectivity index (χ2n) is 3.85. The Kier molecular flexibility index (Phi) is 2.61. The Morgan fingerprint density at radius 3 is 2.81 bits per heavy atom. The number of hydrogen-bond donors (Lipinski definition) is 3. The van der Waals surface area contributed by atoms with Crippen LogP contribution >= 0.6 is 0 Å². The molecular formula is C9H15N7. The van der Waals surface area contributed by atoms with Gasteiger partial charge in [-0.25, -0.2) is 5.84 Å². The van der Waals surface area contributed by atoms with Gasteiger partial charge < -0.3 is 4.90 Å². The Morgan fingerprint density at radius 2 is 2.19 bits per heavy atom. The number of aromatic amines is 1. The van der Waals surface area contributed by atoms with Gasteiger partial charge in [0.1, 0.15) is 5.82 Å². The molecule has 0 aliphatic rings. The molecule has 0 fully saturated rings. The lowest BCUT2D eigenvalue weighted by molar-refractivity contribution is 0.746. The minimum Gasteiger partial charge on any atom is -0.356 e. The van der Waals surface area contributed by atoms with Crippen LogP contribution in [0.1, 0.15) is 13.8 Å². The molecule has 0 saturated heterocycles. The summed E-state index contributed by atoms with van der Waals surface area (Å²) >= 11 is 0. The fourth-order valence-corrected chi connectivity index (χ4v) is 1.40. The summed E-state index contributed by atoms with van der Waals surface area (Å²) in [6, 6.07) is 0.332. The number of hydrazine groups is 1. The molecule has 2 rings (SSSR count). The highest BCUT2D eigenvalue weighted by molar-refractivity contribution is 5.87. The van der Waals surface area contributed by atoms with Crippen molar-refractivity contribution in [1.82, 2.24) is 20.2 Å². The van der Waals surface area contributed by atoms with Crippen LogP contribution in [-0.2, 0) is 0 Å². The van der Waals surface area contributed by atoms with Gasteiger partial charge in [0.25, 0.3) is 0 Å². The van der Waals surface area contributed by atoms with Crippen LogP contribution in [-0.4, -0.2) is 33.3 Å². The van der Waals surface area contributed by atoms with Crippen molar-refractivity contribution in [3.05, 3.63) is 6.20 Å². The number of H-pyrrole nitrogens is 1. The first-order chi connectivity index (χ1) is 7.63. The van der Waals surface area contributed by atoms with E-state index in [0.29, 0.717) is 17.6 Å². The Labute approximate surface area is 93.0 Å². The van der Waals surface area contributed by atoms with Crippen molar-refractivity contribution in [2.24, 2.45) is 5.84 Å². The SMILES string of the molecule is CC(C)N(C)c1nc(NN)nc2[nH]ncc12. The molecule has 2 aromatic rings. The van der Waals surface area contributed by atoms with Gasteiger partial charge in [-0.1, -0.05) is 0 Å². The van der Waals surface area contributed by atoms with Gasteiger partial charge in [0, 0.05) is 13.1 Å². The molecule has 0 bridgehead atoms. The maximum absolute atomic E-state index is 5.33. The second kappa shape index (κ2) is 3.93. The predicted molar refractivity (Wildman–Crippen MR) is 63.0 cm³/mol. The average molecular weight is 221 g/mol. The molecule has 0 saturated carbocycles. The van der Waals surface area contributed by atoms with Crippen molar-refractivity contribution in [3.63, 3.8) is 0 Å². The van der Waals surface area contributed by atoms with Crippen LogP contribution in [0.25, 0.3) is 11.0 Å². The molecule has 2 heterocycles. The van der Waals surface area contributed by atoms with Gasteiger partial charge in [-0.05, 0) is 13.8 Å². The Bertz CT molecular complexity index is 490. The van der Waals surface area contributed by atoms with Crippen molar-refractivity contribution in [2.45, 2.75) is 19.9 Å². The van der Waals surface area contributed by atoms with E-state index in [1.165, 1.54) is 0 Å². The summed E-state index contributed by atoms with van der Waals surface area (Å²) < 4.78 is 0. The lowest BCUT2D eigenvalue weighted by Gasteiger charge is -2.23. The van der Waals surface area contributed by atoms with Gasteiger partial charge in [0.05, 0.1) is 11.6 Å². The zero-order chi connectivity index (χ0) is 11.7. The lowest BCUT2D eigenvalue weighted by atomic mass is 10.3. The van der Waals surface area contributed by atoms with E-state index in [0.717, 1.165) is 11.2 Å². The quantitative estimate of drug-likeness (QED) is 0.515. The Balaban J connectivity index is 2.60. The Morgan fingerprint density at radius 1 is 1.44 bits per heavy atom. The zero-order valence-corrected chi connectivity index (χ0v) is 9.52. The highest BCUT2D eigenvalue weighted by Gasteiger charge is 2.14. The fraction of sp³-hybridized carbons (Fsp3) is 0.444. The van der Waals surface area contributed by atoms with Gasteiger partial charge in [-0.15, -0.1) is 0 Å². The number of nitrogen functional groups attached to an aromatic ring is 1. The second-order valence-corrected chi connectivity index (χ2v) is 3.85. The monoisotopic (exact) mass is 221 g/mol. The molecule has 0 aliphatic carbocycles. The molecule has 0 unspecified atom stereocenters. The number of rotatable bonds is 3. The minimum absolute atomic E-state index is 0.332. The maximum Gasteiger partial charge on any atom is 0.241 e. The van der Waals surface area contributed by atoms with E-state index < -0.39 is 0 Å². The summed E-state index contributed by atoms with van der Waals surface area (Å²) in [5.41, 5.74) is 3.12. The normalized spacial score (nSPS) is 11.1. The molecule has 0 amide bonds. The molecule has 0 aromatic carbocycles. The highest BCUT2D eigenvalue weighted by atomic mass is 15.3. The van der Waals surface area contributed by atoms with Crippen LogP contribution in [0.3, 0.4) is 0 Å². The molecular weight excluding hydrogens is 206 g/mol. The third kappa shape index (κ3) is 1.65. The van der Waals surface area contributed by atoms with E-state index in [4.69, 9.17) is 5.84 Å². The van der Waals surface area contributed by atoms with Crippen molar-refractivity contribution >= 4 is 22.8 Å². The number of fused-ring (bicyclic) bond motifs is 1. The highest BCUT2D eigenvalue weighted by Crippen LogP contribution is 2.23. The van der Waals surface area contributed by atoms with Crippen molar-refractivity contribution < 1.29 is 0 Å². The number of nitrogens with two attached hydrogens (primary N) is 1. The molecule has 0 atom stereocenters. The molecule has 7 nitrogen and oxygen atoms in total. The van der Waals surface area contributed by atoms with E-state index in [9.17, 15) is 0 Å². The van der Waals surface area contributed by atoms with Gasteiger partial charge in [-0.3, -0.25) is 10.5 Å². The standard InChI is InChI=1S/C9H15N7/c1-5(2)16(3)8-6-4-11-15-7(6)12-9(13-8)14-10/h4-5H,10H2,1-3H3,(H2,11,12,13,14,15). The van der Waals surface area contributed by atoms with E-state index in [2.05, 4.69) is 39.4 Å². The van der Waals surface area contributed by atoms with Crippen LogP contribution in [0.15, 0.2) is 6.20 Å². The van der Waals surface area contributed by atoms with Crippen LogP contribution in [0.2, 0.25) is 0 Å². The van der Waals surface area contributed by atoms with E-state index >= 15 is 0 Å². The largest absolute Gasteiger partial charge is 0.356 e. The molecule has 0 radical (unpaired) electrons. The number of aromatic nitrogens is 4. The summed E-state index contributed by atoms with van der Waals surface area (Å²) in [4.78, 5) is 10.5. The van der Waals surface area contributed by atoms with Crippen LogP contribution in [0, 0.1) is 0 Å². The maximum atomic E-state index is 5.33. The van der Waals surface area contributed by atoms with E-state index in [-0.39, 0.29) is 0 Å². The number of nitrogens with zero attached hydrogens (tertiary/aromatic N) is 4. The first-order valence-electron chi connectivity index (χ1n) is 5.04. The summed E-state index contributed by atoms with van der Waals surface area (Å²) in [6.45, 7) is 4.17. The van der Waals surface area contributed by atoms with Crippen LogP contribution < -0.4 is 16.2 Å². The number of nitrogens with one attached hydrogen (secondary N) is 2. The minimum atomic E-state index is 0.332. The van der Waals surface area contributed by atoms with E-state index in [1.807, 2.05) is 11.9 Å². The first-order valence-corrected chi connectivity index (χ1v) is 5.04. The third-order valence-electron chi connectivity index (χ3n) is 2.53. The van der Waals surface area contributed by atoms with Gasteiger partial charge >= 0.3 is 0 Å². The topological polar surface area (TPSA) is 95.8 Å². The summed E-state index contributed by atoms with van der Waals surface area (Å²) in [7, 11) is 1.97. The molecule has 0 aliphatic heterocycles. The summed E-state index contributed by atoms with van der Waals surface area (Å²) in [6.07, 6.45) is 1.71. The van der Waals surface area contributed by atoms with Crippen molar-refractivity contribution in [1.29, 1.82) is 0 Å². The summed E-state index contributed by atoms with van der Waals surface area (Å²) in [5, 5.41) is 7.65. The molecule has 7 heteroatoms. The molecule has 86 valence electrons. The molecule has 2 aromatic heterocycles. The fourth-order valence-electron chi connectivity index (χ4n) is 1.40. The first kappa shape index (κ1) is 10.6. The van der Waals surface area contributed by atoms with Gasteiger partial charge in [-0.2, -0.15) is 15.1 Å². The molecule has 4 N–H and O–H groups in total.